The molecule has 2 saturated heterocycles. The van der Waals surface area contributed by atoms with Crippen molar-refractivity contribution in [2.24, 2.45) is 0 Å². The van der Waals surface area contributed by atoms with E-state index in [4.69, 9.17) is 16.3 Å². The SMILES string of the molecule is O=C(Nc1cc(Cl)ccc1Br)OC[C@]12CCC[C@H](CC1)N2C(=O)O. The van der Waals surface area contributed by atoms with E-state index in [-0.39, 0.29) is 12.6 Å². The van der Waals surface area contributed by atoms with Crippen LogP contribution in [0.4, 0.5) is 15.3 Å². The van der Waals surface area contributed by atoms with Gasteiger partial charge in [0.25, 0.3) is 0 Å². The second-order valence-corrected chi connectivity index (χ2v) is 7.58. The zero-order valence-corrected chi connectivity index (χ0v) is 15.3. The maximum atomic E-state index is 12.1. The number of amides is 2. The second kappa shape index (κ2) is 6.80. The van der Waals surface area contributed by atoms with Gasteiger partial charge in [0.05, 0.1) is 11.2 Å². The summed E-state index contributed by atoms with van der Waals surface area (Å²) in [5.74, 6) is 0. The molecule has 2 fully saturated rings. The number of halogens is 2. The number of nitrogens with one attached hydrogen (secondary N) is 1. The van der Waals surface area contributed by atoms with Gasteiger partial charge in [0.15, 0.2) is 0 Å². The number of hydrogen-bond donors (Lipinski definition) is 2. The van der Waals surface area contributed by atoms with E-state index in [0.717, 1.165) is 32.1 Å². The summed E-state index contributed by atoms with van der Waals surface area (Å²) in [5, 5.41) is 12.6. The first-order valence-electron chi connectivity index (χ1n) is 7.82. The van der Waals surface area contributed by atoms with Crippen LogP contribution in [0.25, 0.3) is 0 Å². The molecule has 0 spiro atoms. The van der Waals surface area contributed by atoms with Crippen LogP contribution < -0.4 is 5.32 Å². The number of nitrogens with zero attached hydrogens (tertiary/aromatic N) is 1. The van der Waals surface area contributed by atoms with Gasteiger partial charge >= 0.3 is 12.2 Å². The first-order chi connectivity index (χ1) is 11.4. The number of rotatable bonds is 3. The molecule has 2 N–H and O–H groups in total. The summed E-state index contributed by atoms with van der Waals surface area (Å²) in [5.41, 5.74) is -0.0782. The smallest absolute Gasteiger partial charge is 0.411 e. The van der Waals surface area contributed by atoms with Crippen LogP contribution in [0.15, 0.2) is 22.7 Å². The Morgan fingerprint density at radius 1 is 1.42 bits per heavy atom. The number of fused-ring (bicyclic) bond motifs is 2. The number of hydrogen-bond acceptors (Lipinski definition) is 3. The van der Waals surface area contributed by atoms with Crippen molar-refractivity contribution < 1.29 is 19.4 Å². The van der Waals surface area contributed by atoms with Crippen LogP contribution in [0, 0.1) is 0 Å². The molecule has 0 aliphatic carbocycles. The Kier molecular flexibility index (Phi) is 4.92. The number of carbonyl (C=O) groups excluding carboxylic acids is 1. The maximum absolute atomic E-state index is 12.1. The van der Waals surface area contributed by atoms with Gasteiger partial charge in [0.1, 0.15) is 6.61 Å². The molecule has 1 aromatic rings. The van der Waals surface area contributed by atoms with Crippen LogP contribution in [0.1, 0.15) is 32.1 Å². The van der Waals surface area contributed by atoms with Crippen molar-refractivity contribution in [2.75, 3.05) is 11.9 Å². The lowest BCUT2D eigenvalue weighted by Gasteiger charge is -2.42. The van der Waals surface area contributed by atoms with E-state index in [2.05, 4.69) is 21.2 Å². The first kappa shape index (κ1) is 17.4. The third-order valence-corrected chi connectivity index (χ3v) is 5.77. The van der Waals surface area contributed by atoms with E-state index in [1.807, 2.05) is 0 Å². The van der Waals surface area contributed by atoms with Crippen LogP contribution >= 0.6 is 27.5 Å². The molecule has 6 nitrogen and oxygen atoms in total. The van der Waals surface area contributed by atoms with Gasteiger partial charge in [0, 0.05) is 15.5 Å². The van der Waals surface area contributed by atoms with E-state index in [0.29, 0.717) is 15.2 Å². The molecule has 3 rings (SSSR count). The van der Waals surface area contributed by atoms with E-state index in [9.17, 15) is 14.7 Å². The van der Waals surface area contributed by atoms with Gasteiger partial charge in [-0.05, 0) is 66.2 Å². The molecule has 2 aliphatic rings. The lowest BCUT2D eigenvalue weighted by molar-refractivity contribution is 0.0110. The molecular weight excluding hydrogens is 400 g/mol. The van der Waals surface area contributed by atoms with Gasteiger partial charge in [-0.15, -0.1) is 0 Å². The largest absolute Gasteiger partial charge is 0.465 e. The lowest BCUT2D eigenvalue weighted by Crippen LogP contribution is -2.55. The van der Waals surface area contributed by atoms with E-state index in [1.165, 1.54) is 4.90 Å². The van der Waals surface area contributed by atoms with Gasteiger partial charge < -0.3 is 9.84 Å². The van der Waals surface area contributed by atoms with Gasteiger partial charge in [0.2, 0.25) is 0 Å². The van der Waals surface area contributed by atoms with Crippen molar-refractivity contribution in [1.82, 2.24) is 4.90 Å². The minimum atomic E-state index is -0.932. The summed E-state index contributed by atoms with van der Waals surface area (Å²) in [6, 6.07) is 5.09. The number of anilines is 1. The van der Waals surface area contributed by atoms with Crippen molar-refractivity contribution in [1.29, 1.82) is 0 Å². The van der Waals surface area contributed by atoms with Crippen LogP contribution in [0.5, 0.6) is 0 Å². The Morgan fingerprint density at radius 3 is 2.96 bits per heavy atom. The Morgan fingerprint density at radius 2 is 2.21 bits per heavy atom. The number of ether oxygens (including phenoxy) is 1. The molecule has 130 valence electrons. The topological polar surface area (TPSA) is 78.9 Å². The van der Waals surface area contributed by atoms with Crippen molar-refractivity contribution in [3.8, 4) is 0 Å². The summed E-state index contributed by atoms with van der Waals surface area (Å²) in [4.78, 5) is 25.2. The van der Waals surface area contributed by atoms with Crippen molar-refractivity contribution in [3.63, 3.8) is 0 Å². The molecule has 0 saturated carbocycles. The zero-order valence-electron chi connectivity index (χ0n) is 12.9. The lowest BCUT2D eigenvalue weighted by atomic mass is 9.89. The van der Waals surface area contributed by atoms with Crippen LogP contribution in [0.2, 0.25) is 5.02 Å². The molecule has 24 heavy (non-hydrogen) atoms. The van der Waals surface area contributed by atoms with E-state index in [1.54, 1.807) is 18.2 Å². The Labute approximate surface area is 153 Å². The van der Waals surface area contributed by atoms with Gasteiger partial charge in [-0.2, -0.15) is 0 Å². The predicted octanol–water partition coefficient (Wildman–Crippen LogP) is 4.72. The van der Waals surface area contributed by atoms with Crippen molar-refractivity contribution >= 4 is 45.4 Å². The molecule has 2 amide bonds. The third-order valence-electron chi connectivity index (χ3n) is 4.84. The highest BCUT2D eigenvalue weighted by atomic mass is 79.9. The number of piperidine rings is 1. The molecule has 0 radical (unpaired) electrons. The third kappa shape index (κ3) is 3.32. The van der Waals surface area contributed by atoms with Crippen molar-refractivity contribution in [3.05, 3.63) is 27.7 Å². The average molecular weight is 418 g/mol. The molecule has 0 aromatic heterocycles. The van der Waals surface area contributed by atoms with Crippen molar-refractivity contribution in [2.45, 2.75) is 43.7 Å². The number of carbonyl (C=O) groups is 2. The molecule has 1 aromatic carbocycles. The molecule has 2 bridgehead atoms. The average Bonchev–Trinajstić information content (AvgIpc) is 2.76. The summed E-state index contributed by atoms with van der Waals surface area (Å²) in [6.45, 7) is 0.0693. The Hall–Kier alpha value is -1.47. The fraction of sp³-hybridized carbons (Fsp3) is 0.500. The Balaban J connectivity index is 1.65. The summed E-state index contributed by atoms with van der Waals surface area (Å²) < 4.78 is 6.05. The fourth-order valence-electron chi connectivity index (χ4n) is 3.77. The highest BCUT2D eigenvalue weighted by Gasteiger charge is 2.52. The maximum Gasteiger partial charge on any atom is 0.411 e. The monoisotopic (exact) mass is 416 g/mol. The summed E-state index contributed by atoms with van der Waals surface area (Å²) in [7, 11) is 0. The second-order valence-electron chi connectivity index (χ2n) is 6.29. The molecule has 2 aliphatic heterocycles. The molecular formula is C16H18BrClN2O4. The highest BCUT2D eigenvalue weighted by Crippen LogP contribution is 2.44. The number of benzene rings is 1. The van der Waals surface area contributed by atoms with Crippen LogP contribution in [-0.2, 0) is 4.74 Å². The quantitative estimate of drug-likeness (QED) is 0.746. The van der Waals surface area contributed by atoms with Gasteiger partial charge in [-0.3, -0.25) is 10.2 Å². The van der Waals surface area contributed by atoms with E-state index >= 15 is 0 Å². The minimum absolute atomic E-state index is 0.0463. The van der Waals surface area contributed by atoms with Gasteiger partial charge in [-0.1, -0.05) is 11.6 Å². The first-order valence-corrected chi connectivity index (χ1v) is 8.99. The Bertz CT molecular complexity index is 667. The fourth-order valence-corrected chi connectivity index (χ4v) is 4.29. The van der Waals surface area contributed by atoms with Gasteiger partial charge in [-0.25, -0.2) is 9.59 Å². The summed E-state index contributed by atoms with van der Waals surface area (Å²) in [6.07, 6.45) is 2.58. The predicted molar refractivity (Wildman–Crippen MR) is 93.6 cm³/mol. The summed E-state index contributed by atoms with van der Waals surface area (Å²) >= 11 is 9.25. The molecule has 2 heterocycles. The number of carboxylic acid groups (broad SMARTS) is 1. The van der Waals surface area contributed by atoms with E-state index < -0.39 is 17.7 Å². The molecule has 2 atom stereocenters. The molecule has 8 heteroatoms. The van der Waals surface area contributed by atoms with Crippen LogP contribution in [-0.4, -0.2) is 40.4 Å². The molecule has 0 unspecified atom stereocenters. The minimum Gasteiger partial charge on any atom is -0.465 e. The standard InChI is InChI=1S/C16H18BrClN2O4/c17-12-4-3-10(18)8-13(12)19-14(21)24-9-16-6-1-2-11(5-7-16)20(16)15(22)23/h3-4,8,11H,1-2,5-7,9H2,(H,19,21)(H,22,23)/t11-,16+/m1/s1. The van der Waals surface area contributed by atoms with Crippen LogP contribution in [0.3, 0.4) is 0 Å². The zero-order chi connectivity index (χ0) is 17.3. The normalized spacial score (nSPS) is 25.4. The highest BCUT2D eigenvalue weighted by molar-refractivity contribution is 9.10.